The van der Waals surface area contributed by atoms with Crippen LogP contribution in [0.25, 0.3) is 0 Å². The van der Waals surface area contributed by atoms with Crippen molar-refractivity contribution < 1.29 is 13.9 Å². The molecule has 0 aliphatic heterocycles. The summed E-state index contributed by atoms with van der Waals surface area (Å²) < 4.78 is 16.6. The number of nitrogens with one attached hydrogen (secondary N) is 1. The van der Waals surface area contributed by atoms with Crippen molar-refractivity contribution in [2.75, 3.05) is 7.11 Å². The first-order chi connectivity index (χ1) is 12.7. The van der Waals surface area contributed by atoms with Gasteiger partial charge in [-0.3, -0.25) is 0 Å². The fourth-order valence-corrected chi connectivity index (χ4v) is 2.91. The molecule has 1 N–H and O–H groups in total. The molecule has 6 heteroatoms. The lowest BCUT2D eigenvalue weighted by Crippen LogP contribution is -2.12. The highest BCUT2D eigenvalue weighted by atomic mass is 35.5. The quantitative estimate of drug-likeness (QED) is 0.553. The van der Waals surface area contributed by atoms with Crippen LogP contribution in [0.5, 0.6) is 11.5 Å². The Morgan fingerprint density at radius 3 is 2.50 bits per heavy atom. The molecule has 136 valence electrons. The number of hydrogen-bond acceptors (Lipinski definition) is 4. The van der Waals surface area contributed by atoms with Gasteiger partial charge < -0.3 is 19.2 Å². The number of rotatable bonds is 8. The first-order valence-corrected chi connectivity index (χ1v) is 8.88. The van der Waals surface area contributed by atoms with Gasteiger partial charge in [0.2, 0.25) is 0 Å². The van der Waals surface area contributed by atoms with Crippen LogP contribution in [0.1, 0.15) is 16.9 Å². The molecule has 0 aliphatic carbocycles. The predicted molar refractivity (Wildman–Crippen MR) is 103 cm³/mol. The zero-order valence-corrected chi connectivity index (χ0v) is 15.8. The zero-order chi connectivity index (χ0) is 18.4. The second kappa shape index (κ2) is 8.99. The molecule has 0 atom stereocenters. The lowest BCUT2D eigenvalue weighted by Gasteiger charge is -2.14. The Bertz CT molecular complexity index is 833. The van der Waals surface area contributed by atoms with Crippen LogP contribution in [-0.4, -0.2) is 7.11 Å². The molecule has 1 aromatic heterocycles. The number of ether oxygens (including phenoxy) is 2. The van der Waals surface area contributed by atoms with Crippen LogP contribution in [0, 0.1) is 0 Å². The van der Waals surface area contributed by atoms with E-state index in [0.29, 0.717) is 41.2 Å². The molecule has 3 rings (SSSR count). The maximum absolute atomic E-state index is 6.41. The Hall–Kier alpha value is -2.14. The average Bonchev–Trinajstić information content (AvgIpc) is 3.15. The van der Waals surface area contributed by atoms with Gasteiger partial charge in [0.25, 0.3) is 0 Å². The van der Waals surface area contributed by atoms with E-state index in [1.807, 2.05) is 48.5 Å². The van der Waals surface area contributed by atoms with E-state index >= 15 is 0 Å². The predicted octanol–water partition coefficient (Wildman–Crippen LogP) is 5.46. The molecule has 0 saturated heterocycles. The molecule has 26 heavy (non-hydrogen) atoms. The summed E-state index contributed by atoms with van der Waals surface area (Å²) in [7, 11) is 1.60. The van der Waals surface area contributed by atoms with E-state index in [0.717, 1.165) is 16.9 Å². The van der Waals surface area contributed by atoms with Crippen LogP contribution in [0.3, 0.4) is 0 Å². The highest BCUT2D eigenvalue weighted by Crippen LogP contribution is 2.37. The maximum Gasteiger partial charge on any atom is 0.180 e. The summed E-state index contributed by atoms with van der Waals surface area (Å²) in [6.45, 7) is 1.65. The normalized spacial score (nSPS) is 10.7. The number of hydrogen-bond donors (Lipinski definition) is 1. The van der Waals surface area contributed by atoms with Gasteiger partial charge in [-0.25, -0.2) is 0 Å². The van der Waals surface area contributed by atoms with Gasteiger partial charge in [0.15, 0.2) is 11.5 Å². The molecule has 0 amide bonds. The summed E-state index contributed by atoms with van der Waals surface area (Å²) in [6.07, 6.45) is 1.66. The highest BCUT2D eigenvalue weighted by molar-refractivity contribution is 6.32. The average molecular weight is 392 g/mol. The summed E-state index contributed by atoms with van der Waals surface area (Å²) in [4.78, 5) is 0. The van der Waals surface area contributed by atoms with Gasteiger partial charge in [0.1, 0.15) is 12.4 Å². The SMILES string of the molecule is COc1cc(CNCc2ccco2)cc(Cl)c1OCc1ccc(Cl)cc1. The molecular formula is C20H19Cl2NO3. The molecule has 1 heterocycles. The first kappa shape index (κ1) is 18.6. The number of methoxy groups -OCH3 is 1. The van der Waals surface area contributed by atoms with Crippen molar-refractivity contribution in [2.24, 2.45) is 0 Å². The molecule has 0 fully saturated rings. The van der Waals surface area contributed by atoms with E-state index in [1.54, 1.807) is 13.4 Å². The van der Waals surface area contributed by atoms with Gasteiger partial charge in [0.05, 0.1) is 24.9 Å². The first-order valence-electron chi connectivity index (χ1n) is 8.12. The minimum absolute atomic E-state index is 0.378. The van der Waals surface area contributed by atoms with E-state index < -0.39 is 0 Å². The Morgan fingerprint density at radius 1 is 1.00 bits per heavy atom. The van der Waals surface area contributed by atoms with Crippen molar-refractivity contribution in [2.45, 2.75) is 19.7 Å². The molecule has 2 aromatic carbocycles. The highest BCUT2D eigenvalue weighted by Gasteiger charge is 2.12. The monoisotopic (exact) mass is 391 g/mol. The van der Waals surface area contributed by atoms with E-state index in [4.69, 9.17) is 37.1 Å². The Kier molecular flexibility index (Phi) is 6.45. The van der Waals surface area contributed by atoms with Crippen LogP contribution < -0.4 is 14.8 Å². The van der Waals surface area contributed by atoms with Crippen LogP contribution in [0.2, 0.25) is 10.0 Å². The minimum atomic E-state index is 0.378. The Morgan fingerprint density at radius 2 is 1.81 bits per heavy atom. The van der Waals surface area contributed by atoms with Gasteiger partial charge in [0, 0.05) is 11.6 Å². The molecular weight excluding hydrogens is 373 g/mol. The number of benzene rings is 2. The minimum Gasteiger partial charge on any atom is -0.493 e. The fraction of sp³-hybridized carbons (Fsp3) is 0.200. The van der Waals surface area contributed by atoms with E-state index in [2.05, 4.69) is 5.32 Å². The molecule has 0 unspecified atom stereocenters. The molecule has 0 spiro atoms. The van der Waals surface area contributed by atoms with E-state index in [-0.39, 0.29) is 0 Å². The van der Waals surface area contributed by atoms with E-state index in [1.165, 1.54) is 0 Å². The third-order valence-electron chi connectivity index (χ3n) is 3.79. The fourth-order valence-electron chi connectivity index (χ4n) is 2.49. The van der Waals surface area contributed by atoms with Gasteiger partial charge in [-0.2, -0.15) is 0 Å². The smallest absolute Gasteiger partial charge is 0.180 e. The molecule has 0 bridgehead atoms. The summed E-state index contributed by atoms with van der Waals surface area (Å²) in [5.41, 5.74) is 1.99. The van der Waals surface area contributed by atoms with E-state index in [9.17, 15) is 0 Å². The molecule has 0 saturated carbocycles. The third kappa shape index (κ3) is 4.94. The molecule has 0 aliphatic rings. The van der Waals surface area contributed by atoms with Crippen molar-refractivity contribution >= 4 is 23.2 Å². The van der Waals surface area contributed by atoms with Crippen LogP contribution in [0.15, 0.2) is 59.2 Å². The van der Waals surface area contributed by atoms with Crippen LogP contribution in [-0.2, 0) is 19.7 Å². The molecule has 4 nitrogen and oxygen atoms in total. The van der Waals surface area contributed by atoms with Crippen molar-refractivity contribution in [1.82, 2.24) is 5.32 Å². The van der Waals surface area contributed by atoms with Crippen LogP contribution in [0.4, 0.5) is 0 Å². The maximum atomic E-state index is 6.41. The van der Waals surface area contributed by atoms with Gasteiger partial charge in [-0.05, 0) is 47.5 Å². The van der Waals surface area contributed by atoms with Crippen molar-refractivity contribution in [3.05, 3.63) is 81.7 Å². The van der Waals surface area contributed by atoms with Gasteiger partial charge in [-0.1, -0.05) is 35.3 Å². The van der Waals surface area contributed by atoms with Crippen LogP contribution >= 0.6 is 23.2 Å². The lowest BCUT2D eigenvalue weighted by atomic mass is 10.2. The van der Waals surface area contributed by atoms with Gasteiger partial charge in [-0.15, -0.1) is 0 Å². The molecule has 3 aromatic rings. The second-order valence-corrected chi connectivity index (χ2v) is 6.55. The summed E-state index contributed by atoms with van der Waals surface area (Å²) in [6, 6.07) is 15.1. The summed E-state index contributed by atoms with van der Waals surface area (Å²) in [5.74, 6) is 2.01. The van der Waals surface area contributed by atoms with Crippen molar-refractivity contribution in [3.63, 3.8) is 0 Å². The third-order valence-corrected chi connectivity index (χ3v) is 4.33. The second-order valence-electron chi connectivity index (χ2n) is 5.71. The largest absolute Gasteiger partial charge is 0.493 e. The number of halogens is 2. The topological polar surface area (TPSA) is 43.6 Å². The Balaban J connectivity index is 1.65. The Labute approximate surface area is 162 Å². The molecule has 0 radical (unpaired) electrons. The standard InChI is InChI=1S/C20H19Cl2NO3/c1-24-19-10-15(11-23-12-17-3-2-8-25-17)9-18(22)20(19)26-13-14-4-6-16(21)7-5-14/h2-10,23H,11-13H2,1H3. The lowest BCUT2D eigenvalue weighted by molar-refractivity contribution is 0.284. The summed E-state index contributed by atoms with van der Waals surface area (Å²) in [5, 5.41) is 4.50. The zero-order valence-electron chi connectivity index (χ0n) is 14.3. The van der Waals surface area contributed by atoms with Crippen molar-refractivity contribution in [1.29, 1.82) is 0 Å². The van der Waals surface area contributed by atoms with Crippen molar-refractivity contribution in [3.8, 4) is 11.5 Å². The van der Waals surface area contributed by atoms with Gasteiger partial charge >= 0.3 is 0 Å². The summed E-state index contributed by atoms with van der Waals surface area (Å²) >= 11 is 12.3. The number of furan rings is 1.